The van der Waals surface area contributed by atoms with Crippen molar-refractivity contribution in [3.8, 4) is 0 Å². The van der Waals surface area contributed by atoms with E-state index in [1.807, 2.05) is 0 Å². The highest BCUT2D eigenvalue weighted by Crippen LogP contribution is 2.64. The molecule has 12 atom stereocenters. The van der Waals surface area contributed by atoms with Crippen molar-refractivity contribution < 1.29 is 105 Å². The van der Waals surface area contributed by atoms with Crippen molar-refractivity contribution >= 4 is 57.8 Å². The number of aliphatic hydroxyl groups excluding tert-OH is 2. The lowest BCUT2D eigenvalue weighted by Crippen LogP contribution is -2.81. The number of fused-ring (bicyclic) bond motifs is 5. The first-order valence-electron chi connectivity index (χ1n) is 23.9. The van der Waals surface area contributed by atoms with Crippen LogP contribution in [0, 0.1) is 22.7 Å². The summed E-state index contributed by atoms with van der Waals surface area (Å²) in [6.45, 7) is 11.8. The lowest BCUT2D eigenvalue weighted by molar-refractivity contribution is -0.346. The number of nitrogens with two attached hydrogens (primary N) is 1. The van der Waals surface area contributed by atoms with Crippen LogP contribution >= 0.6 is 0 Å². The number of aliphatic hydroxyl groups is 3. The van der Waals surface area contributed by atoms with Crippen LogP contribution in [0.4, 0.5) is 4.79 Å². The van der Waals surface area contributed by atoms with E-state index >= 15 is 4.79 Å². The molecule has 24 nitrogen and oxygen atoms in total. The molecule has 6 rings (SSSR count). The summed E-state index contributed by atoms with van der Waals surface area (Å²) in [5.74, 6) is -9.39. The molecular formula is C49H68N2O22S. The average molecular weight is 1070 g/mol. The van der Waals surface area contributed by atoms with Gasteiger partial charge in [-0.1, -0.05) is 32.0 Å². The number of carbonyl (C=O) groups excluding carboxylic acids is 8. The van der Waals surface area contributed by atoms with Gasteiger partial charge in [0.25, 0.3) is 10.1 Å². The van der Waals surface area contributed by atoms with Crippen molar-refractivity contribution in [2.45, 2.75) is 160 Å². The van der Waals surface area contributed by atoms with Gasteiger partial charge >= 0.3 is 41.9 Å². The Bertz CT molecular complexity index is 2480. The third-order valence-corrected chi connectivity index (χ3v) is 14.1. The molecule has 3 saturated carbocycles. The first-order valence-corrected chi connectivity index (χ1v) is 25.8. The van der Waals surface area contributed by atoms with Crippen molar-refractivity contribution in [1.29, 1.82) is 0 Å². The van der Waals surface area contributed by atoms with E-state index in [4.69, 9.17) is 48.2 Å². The summed E-state index contributed by atoms with van der Waals surface area (Å²) in [7, 11) is -3.67. The molecule has 1 amide bonds. The van der Waals surface area contributed by atoms with E-state index in [0.717, 1.165) is 6.92 Å². The Hall–Kier alpha value is -5.57. The van der Waals surface area contributed by atoms with Gasteiger partial charge in [-0.15, -0.1) is 0 Å². The summed E-state index contributed by atoms with van der Waals surface area (Å²) in [5.41, 5.74) is -3.44. The number of Topliss-reactive ketones (excluding diaryl/α,β-unsaturated/α-hetero) is 1. The van der Waals surface area contributed by atoms with E-state index in [2.05, 4.69) is 5.32 Å². The Balaban J connectivity index is 0.00000193. The van der Waals surface area contributed by atoms with Crippen LogP contribution in [-0.4, -0.2) is 168 Å². The molecule has 412 valence electrons. The van der Waals surface area contributed by atoms with Crippen LogP contribution < -0.4 is 11.1 Å². The summed E-state index contributed by atoms with van der Waals surface area (Å²) in [5, 5.41) is 40.5. The van der Waals surface area contributed by atoms with Gasteiger partial charge in [0.1, 0.15) is 41.7 Å². The maximum atomic E-state index is 15.1. The fourth-order valence-electron chi connectivity index (χ4n) is 10.5. The molecule has 2 bridgehead atoms. The first kappa shape index (κ1) is 59.3. The Labute approximate surface area is 428 Å². The second kappa shape index (κ2) is 22.3. The maximum absolute atomic E-state index is 15.1. The predicted octanol–water partition coefficient (Wildman–Crippen LogP) is 1.18. The lowest BCUT2D eigenvalue weighted by atomic mass is 9.44. The highest BCUT2D eigenvalue weighted by atomic mass is 32.2. The van der Waals surface area contributed by atoms with Crippen molar-refractivity contribution in [3.63, 3.8) is 0 Å². The maximum Gasteiger partial charge on any atom is 0.408 e. The summed E-state index contributed by atoms with van der Waals surface area (Å²) < 4.78 is 71.2. The number of ether oxygens (including phenoxy) is 8. The summed E-state index contributed by atoms with van der Waals surface area (Å²) in [4.78, 5) is 108. The van der Waals surface area contributed by atoms with Gasteiger partial charge in [0, 0.05) is 25.2 Å². The highest BCUT2D eigenvalue weighted by molar-refractivity contribution is 7.85. The topological polar surface area (TPSA) is 364 Å². The van der Waals surface area contributed by atoms with Gasteiger partial charge in [-0.05, 0) is 83.6 Å². The number of hydrogen-bond acceptors (Lipinski definition) is 22. The van der Waals surface area contributed by atoms with Crippen LogP contribution in [-0.2, 0) is 76.8 Å². The standard InChI is InChI=1S/C48H64N2O19.CH4O3S/c1-10-62-41(58)27(49)18-31(53)63-21-32(54)66-36(34(25-16-17-25)50-43(60)69-44(4,5)6)42(59)65-28-20-48(61)39(67-40(57)26-14-12-11-13-15-26)37-46(9,38(56)35(55)33(23(28)2)45(48,7)8)29(52)19-30-47(37,22-64-30)68-24(3)51;1-5(2,3)4/h11-15,25,27-30,34-37,39,52,55,61H,10,16-22,49H2,1-9H3,(H,50,60);1H3,(H,2,3,4)/t27?,28-,29-,30+,34?,35+,36+,37-,39-,46+,47-,48+;/m0./s1. The minimum atomic E-state index is -3.67. The van der Waals surface area contributed by atoms with E-state index in [0.29, 0.717) is 19.1 Å². The number of ketones is 1. The number of amides is 1. The van der Waals surface area contributed by atoms with Crippen molar-refractivity contribution in [2.75, 3.05) is 26.1 Å². The second-order valence-electron chi connectivity index (χ2n) is 21.0. The van der Waals surface area contributed by atoms with Gasteiger partial charge in [-0.3, -0.25) is 23.7 Å². The number of esters is 6. The van der Waals surface area contributed by atoms with E-state index < -0.39 is 165 Å². The molecule has 0 radical (unpaired) electrons. The number of carbonyl (C=O) groups is 8. The quantitative estimate of drug-likeness (QED) is 0.0621. The molecular weight excluding hydrogens is 1000 g/mol. The molecule has 4 aliphatic carbocycles. The molecule has 1 aliphatic heterocycles. The molecule has 25 heteroatoms. The van der Waals surface area contributed by atoms with Gasteiger partial charge in [0.15, 0.2) is 18.0 Å². The van der Waals surface area contributed by atoms with Gasteiger partial charge < -0.3 is 64.3 Å². The van der Waals surface area contributed by atoms with Crippen LogP contribution in [0.15, 0.2) is 41.5 Å². The SMILES string of the molecule is CCOC(=O)C(N)CC(=O)OCC(=O)O[C@@H](C(=O)O[C@H]1C[C@@]2(O)[C@@H](OC(=O)c3ccccc3)[C@@H]3[C@]4(OC(C)=O)CO[C@@H]4C[C@H](O)[C@@]3(C)C(=O)[C@H](O)C(=C1C)C2(C)C)C(NC(=O)OC(C)(C)C)C1CC1.CS(=O)(=O)O. The molecule has 7 N–H and O–H groups in total. The van der Waals surface area contributed by atoms with Crippen molar-refractivity contribution in [1.82, 2.24) is 5.32 Å². The molecule has 4 fully saturated rings. The van der Waals surface area contributed by atoms with Crippen molar-refractivity contribution in [3.05, 3.63) is 47.0 Å². The minimum Gasteiger partial charge on any atom is -0.465 e. The van der Waals surface area contributed by atoms with E-state index in [9.17, 15) is 57.3 Å². The third kappa shape index (κ3) is 12.7. The molecule has 1 heterocycles. The van der Waals surface area contributed by atoms with Gasteiger partial charge in [0.2, 0.25) is 6.10 Å². The monoisotopic (exact) mass is 1070 g/mol. The van der Waals surface area contributed by atoms with E-state index in [-0.39, 0.29) is 36.3 Å². The molecule has 5 aliphatic rings. The van der Waals surface area contributed by atoms with Crippen LogP contribution in [0.25, 0.3) is 0 Å². The molecule has 0 spiro atoms. The smallest absolute Gasteiger partial charge is 0.408 e. The number of hydrogen-bond donors (Lipinski definition) is 6. The zero-order chi connectivity index (χ0) is 55.7. The fraction of sp³-hybridized carbons (Fsp3) is 0.673. The van der Waals surface area contributed by atoms with Gasteiger partial charge in [-0.2, -0.15) is 8.42 Å². The molecule has 2 unspecified atom stereocenters. The minimum absolute atomic E-state index is 0.00284. The Morgan fingerprint density at radius 3 is 2.09 bits per heavy atom. The summed E-state index contributed by atoms with van der Waals surface area (Å²) >= 11 is 0. The molecule has 0 aromatic heterocycles. The zero-order valence-electron chi connectivity index (χ0n) is 42.9. The zero-order valence-corrected chi connectivity index (χ0v) is 43.8. The third-order valence-electron chi connectivity index (χ3n) is 14.1. The summed E-state index contributed by atoms with van der Waals surface area (Å²) in [6.07, 6.45) is -11.1. The van der Waals surface area contributed by atoms with E-state index in [1.165, 1.54) is 39.8 Å². The highest BCUT2D eigenvalue weighted by Gasteiger charge is 2.78. The van der Waals surface area contributed by atoms with Gasteiger partial charge in [0.05, 0.1) is 54.9 Å². The van der Waals surface area contributed by atoms with Crippen molar-refractivity contribution in [2.24, 2.45) is 28.4 Å². The number of alkyl carbamates (subject to hydrolysis) is 1. The molecule has 1 saturated heterocycles. The first-order chi connectivity index (χ1) is 34.1. The second-order valence-corrected chi connectivity index (χ2v) is 22.4. The average Bonchev–Trinajstić information content (AvgIpc) is 4.13. The van der Waals surface area contributed by atoms with Crippen LogP contribution in [0.3, 0.4) is 0 Å². The molecule has 74 heavy (non-hydrogen) atoms. The van der Waals surface area contributed by atoms with Crippen LogP contribution in [0.5, 0.6) is 0 Å². The normalized spacial score (nSPS) is 30.2. The number of rotatable bonds is 15. The van der Waals surface area contributed by atoms with E-state index in [1.54, 1.807) is 45.9 Å². The fourth-order valence-corrected chi connectivity index (χ4v) is 10.5. The Morgan fingerprint density at radius 1 is 0.959 bits per heavy atom. The number of nitrogens with one attached hydrogen (secondary N) is 1. The van der Waals surface area contributed by atoms with Gasteiger partial charge in [-0.25, -0.2) is 19.2 Å². The molecule has 1 aromatic rings. The lowest BCUT2D eigenvalue weighted by Gasteiger charge is -2.67. The Kier molecular flexibility index (Phi) is 17.9. The largest absolute Gasteiger partial charge is 0.465 e. The summed E-state index contributed by atoms with van der Waals surface area (Å²) in [6, 6.07) is 4.98. The van der Waals surface area contributed by atoms with Crippen LogP contribution in [0.1, 0.15) is 105 Å². The molecule has 1 aromatic carbocycles. The van der Waals surface area contributed by atoms with Crippen LogP contribution in [0.2, 0.25) is 0 Å². The predicted molar refractivity (Wildman–Crippen MR) is 252 cm³/mol. The Morgan fingerprint density at radius 2 is 1.57 bits per heavy atom. The number of benzene rings is 1.